The van der Waals surface area contributed by atoms with Crippen LogP contribution in [-0.4, -0.2) is 70.0 Å². The van der Waals surface area contributed by atoms with E-state index in [9.17, 15) is 19.0 Å². The van der Waals surface area contributed by atoms with Crippen LogP contribution in [0.15, 0.2) is 97.2 Å². The number of unbranched alkanes of at least 4 members (excludes halogenated alkanes) is 4. The molecule has 10 heteroatoms. The molecule has 0 aliphatic rings. The first kappa shape index (κ1) is 50.9. The third kappa shape index (κ3) is 38.6. The van der Waals surface area contributed by atoms with Crippen molar-refractivity contribution in [2.45, 2.75) is 123 Å². The van der Waals surface area contributed by atoms with Crippen molar-refractivity contribution >= 4 is 19.8 Å². The predicted octanol–water partition coefficient (Wildman–Crippen LogP) is 10.4. The normalized spacial score (nSPS) is 14.7. The minimum atomic E-state index is -4.65. The van der Waals surface area contributed by atoms with Crippen molar-refractivity contribution in [1.29, 1.82) is 0 Å². The smallest absolute Gasteiger partial charge is 0.306 e. The number of allylic oxidation sites excluding steroid dienone is 16. The molecule has 1 unspecified atom stereocenters. The Bertz CT molecular complexity index is 1240. The Hall–Kier alpha value is -3.07. The summed E-state index contributed by atoms with van der Waals surface area (Å²) in [6.45, 7) is 3.85. The van der Waals surface area contributed by atoms with Crippen LogP contribution in [0.5, 0.6) is 0 Å². The lowest BCUT2D eigenvalue weighted by molar-refractivity contribution is -0.870. The average Bonchev–Trinajstić information content (AvgIpc) is 3.12. The maximum atomic E-state index is 12.6. The lowest BCUT2D eigenvalue weighted by atomic mass is 10.1. The molecule has 0 fully saturated rings. The van der Waals surface area contributed by atoms with Crippen molar-refractivity contribution in [1.82, 2.24) is 0 Å². The van der Waals surface area contributed by atoms with Gasteiger partial charge in [0.15, 0.2) is 6.10 Å². The molecule has 0 heterocycles. The minimum absolute atomic E-state index is 0.0517. The summed E-state index contributed by atoms with van der Waals surface area (Å²) in [6.07, 6.45) is 45.9. The van der Waals surface area contributed by atoms with E-state index in [1.807, 2.05) is 21.1 Å². The van der Waals surface area contributed by atoms with Gasteiger partial charge in [0.2, 0.25) is 0 Å². The molecule has 0 saturated carbocycles. The van der Waals surface area contributed by atoms with Crippen molar-refractivity contribution < 1.29 is 42.1 Å². The van der Waals surface area contributed by atoms with E-state index < -0.39 is 32.5 Å². The summed E-state index contributed by atoms with van der Waals surface area (Å²) in [6, 6.07) is 0. The number of nitrogens with zero attached hydrogens (tertiary/aromatic N) is 1. The van der Waals surface area contributed by atoms with Crippen molar-refractivity contribution in [2.24, 2.45) is 0 Å². The Morgan fingerprint density at radius 3 is 1.41 bits per heavy atom. The summed E-state index contributed by atoms with van der Waals surface area (Å²) >= 11 is 0. The van der Waals surface area contributed by atoms with Gasteiger partial charge in [-0.05, 0) is 89.9 Å². The van der Waals surface area contributed by atoms with E-state index in [1.165, 1.54) is 0 Å². The molecule has 0 spiro atoms. The van der Waals surface area contributed by atoms with Gasteiger partial charge in [-0.25, -0.2) is 0 Å². The minimum Gasteiger partial charge on any atom is -0.756 e. The second kappa shape index (κ2) is 35.6. The highest BCUT2D eigenvalue weighted by Gasteiger charge is 2.21. The maximum absolute atomic E-state index is 12.6. The van der Waals surface area contributed by atoms with E-state index in [4.69, 9.17) is 18.5 Å². The van der Waals surface area contributed by atoms with E-state index in [0.29, 0.717) is 23.9 Å². The van der Waals surface area contributed by atoms with Crippen LogP contribution in [-0.2, 0) is 32.7 Å². The second-order valence-electron chi connectivity index (χ2n) is 13.9. The maximum Gasteiger partial charge on any atom is 0.306 e. The molecule has 0 aromatic heterocycles. The zero-order valence-corrected chi connectivity index (χ0v) is 35.0. The van der Waals surface area contributed by atoms with Gasteiger partial charge in [-0.2, -0.15) is 0 Å². The van der Waals surface area contributed by atoms with Crippen LogP contribution in [0.3, 0.4) is 0 Å². The average molecular weight is 774 g/mol. The lowest BCUT2D eigenvalue weighted by Crippen LogP contribution is -2.37. The molecule has 54 heavy (non-hydrogen) atoms. The fourth-order valence-corrected chi connectivity index (χ4v) is 5.24. The third-order valence-electron chi connectivity index (χ3n) is 7.60. The zero-order valence-electron chi connectivity index (χ0n) is 34.1. The van der Waals surface area contributed by atoms with Gasteiger partial charge >= 0.3 is 11.9 Å². The highest BCUT2D eigenvalue weighted by molar-refractivity contribution is 7.45. The highest BCUT2D eigenvalue weighted by Crippen LogP contribution is 2.38. The summed E-state index contributed by atoms with van der Waals surface area (Å²) in [7, 11) is 1.09. The number of ether oxygens (including phenoxy) is 2. The number of quaternary nitrogens is 1. The molecule has 0 aliphatic heterocycles. The monoisotopic (exact) mass is 773 g/mol. The van der Waals surface area contributed by atoms with Crippen LogP contribution in [0, 0.1) is 0 Å². The van der Waals surface area contributed by atoms with Crippen LogP contribution in [0.25, 0.3) is 0 Å². The molecule has 0 rings (SSSR count). The number of carbonyl (C=O) groups is 2. The standard InChI is InChI=1S/C44H72NO8P/c1-6-8-10-12-14-16-18-20-22-24-26-28-30-32-34-36-43(46)50-40-42(41-52-54(48,49)51-39-38-45(3,4)5)53-44(47)37-35-33-31-29-27-25-23-21-19-17-15-13-11-9-7-2/h8-11,14-17,20-23,26-29,42H,6-7,12-13,18-19,24-25,30-41H2,1-5H3/b10-8+,11-9+,16-14+,17-15+,22-20+,23-21+,28-26+,29-27+/t42-/m1/s1. The molecule has 306 valence electrons. The first-order chi connectivity index (χ1) is 26.0. The Morgan fingerprint density at radius 2 is 0.981 bits per heavy atom. The fraction of sp³-hybridized carbons (Fsp3) is 0.591. The van der Waals surface area contributed by atoms with E-state index in [1.54, 1.807) is 0 Å². The van der Waals surface area contributed by atoms with Crippen LogP contribution < -0.4 is 4.89 Å². The van der Waals surface area contributed by atoms with Crippen molar-refractivity contribution in [3.8, 4) is 0 Å². The molecule has 0 radical (unpaired) electrons. The number of phosphoric ester groups is 1. The third-order valence-corrected chi connectivity index (χ3v) is 8.56. The number of rotatable bonds is 34. The van der Waals surface area contributed by atoms with Gasteiger partial charge < -0.3 is 27.9 Å². The Morgan fingerprint density at radius 1 is 0.574 bits per heavy atom. The van der Waals surface area contributed by atoms with Crippen LogP contribution in [0.1, 0.15) is 117 Å². The van der Waals surface area contributed by atoms with E-state index >= 15 is 0 Å². The van der Waals surface area contributed by atoms with Gasteiger partial charge in [-0.3, -0.25) is 14.2 Å². The number of hydrogen-bond acceptors (Lipinski definition) is 8. The van der Waals surface area contributed by atoms with Gasteiger partial charge in [0, 0.05) is 12.8 Å². The second-order valence-corrected chi connectivity index (χ2v) is 15.3. The van der Waals surface area contributed by atoms with Crippen LogP contribution >= 0.6 is 7.82 Å². The van der Waals surface area contributed by atoms with Crippen molar-refractivity contribution in [3.05, 3.63) is 97.2 Å². The molecule has 9 nitrogen and oxygen atoms in total. The summed E-state index contributed by atoms with van der Waals surface area (Å²) in [4.78, 5) is 37.4. The first-order valence-electron chi connectivity index (χ1n) is 19.9. The molecule has 0 amide bonds. The SMILES string of the molecule is CC/C=C/C/C=C/C/C=C/C/C=C/CCCCC(=O)OC[C@H](COP(=O)([O-])OCC[N+](C)(C)C)OC(=O)CCCC/C=C/C/C=C/C/C=C/C/C=C/CC. The Labute approximate surface area is 328 Å². The molecular formula is C44H72NO8P. The zero-order chi connectivity index (χ0) is 40.0. The molecule has 0 saturated heterocycles. The Balaban J connectivity index is 4.59. The Kier molecular flexibility index (Phi) is 33.6. The van der Waals surface area contributed by atoms with Crippen LogP contribution in [0.4, 0.5) is 0 Å². The quantitative estimate of drug-likeness (QED) is 0.0209. The number of hydrogen-bond donors (Lipinski definition) is 0. The summed E-state index contributed by atoms with van der Waals surface area (Å²) in [5.41, 5.74) is 0. The summed E-state index contributed by atoms with van der Waals surface area (Å²) in [5, 5.41) is 0. The summed E-state index contributed by atoms with van der Waals surface area (Å²) < 4.78 is 33.7. The van der Waals surface area contributed by atoms with E-state index in [-0.39, 0.29) is 26.1 Å². The van der Waals surface area contributed by atoms with Crippen molar-refractivity contribution in [3.63, 3.8) is 0 Å². The molecule has 0 N–H and O–H groups in total. The largest absolute Gasteiger partial charge is 0.756 e. The molecular weight excluding hydrogens is 701 g/mol. The number of likely N-dealkylation sites (N-methyl/N-ethyl adjacent to an activating group) is 1. The molecule has 0 bridgehead atoms. The first-order valence-corrected chi connectivity index (χ1v) is 21.4. The summed E-state index contributed by atoms with van der Waals surface area (Å²) in [5.74, 6) is -0.946. The topological polar surface area (TPSA) is 111 Å². The number of esters is 2. The fourth-order valence-electron chi connectivity index (χ4n) is 4.52. The van der Waals surface area contributed by atoms with Gasteiger partial charge in [0.1, 0.15) is 19.8 Å². The molecule has 0 aromatic carbocycles. The lowest BCUT2D eigenvalue weighted by Gasteiger charge is -2.28. The van der Waals surface area contributed by atoms with Gasteiger partial charge in [-0.1, -0.05) is 111 Å². The molecule has 2 atom stereocenters. The predicted molar refractivity (Wildman–Crippen MR) is 222 cm³/mol. The van der Waals surface area contributed by atoms with Gasteiger partial charge in [-0.15, -0.1) is 0 Å². The number of phosphoric acid groups is 1. The highest BCUT2D eigenvalue weighted by atomic mass is 31.2. The van der Waals surface area contributed by atoms with Gasteiger partial charge in [0.25, 0.3) is 7.82 Å². The van der Waals surface area contributed by atoms with Crippen LogP contribution in [0.2, 0.25) is 0 Å². The molecule has 0 aliphatic carbocycles. The van der Waals surface area contributed by atoms with E-state index in [0.717, 1.165) is 77.0 Å². The van der Waals surface area contributed by atoms with Gasteiger partial charge in [0.05, 0.1) is 27.7 Å². The number of carbonyl (C=O) groups excluding carboxylic acids is 2. The van der Waals surface area contributed by atoms with E-state index in [2.05, 4.69) is 111 Å². The molecule has 0 aromatic rings. The van der Waals surface area contributed by atoms with Crippen molar-refractivity contribution in [2.75, 3.05) is 47.5 Å².